The number of ether oxygens (including phenoxy) is 1. The second-order valence-corrected chi connectivity index (χ2v) is 5.04. The van der Waals surface area contributed by atoms with E-state index in [1.807, 2.05) is 0 Å². The predicted molar refractivity (Wildman–Crippen MR) is 70.3 cm³/mol. The number of hydrogen-bond acceptors (Lipinski definition) is 3. The highest BCUT2D eigenvalue weighted by atomic mass is 16.5. The van der Waals surface area contributed by atoms with Crippen LogP contribution in [0.25, 0.3) is 0 Å². The van der Waals surface area contributed by atoms with Gasteiger partial charge in [0.05, 0.1) is 6.10 Å². The van der Waals surface area contributed by atoms with E-state index in [0.717, 1.165) is 25.7 Å². The molecule has 1 aliphatic rings. The highest BCUT2D eigenvalue weighted by molar-refractivity contribution is 5.81. The van der Waals surface area contributed by atoms with Gasteiger partial charge in [0.25, 0.3) is 0 Å². The maximum atomic E-state index is 11.9. The summed E-state index contributed by atoms with van der Waals surface area (Å²) in [5.41, 5.74) is 0. The molecule has 18 heavy (non-hydrogen) atoms. The minimum absolute atomic E-state index is 0.0411. The van der Waals surface area contributed by atoms with Gasteiger partial charge in [0.15, 0.2) is 0 Å². The van der Waals surface area contributed by atoms with Crippen LogP contribution in [-0.2, 0) is 14.3 Å². The number of hydrogen-bond donors (Lipinski definition) is 1. The summed E-state index contributed by atoms with van der Waals surface area (Å²) in [6.07, 6.45) is 4.19. The van der Waals surface area contributed by atoms with Crippen molar-refractivity contribution in [2.75, 3.05) is 0 Å². The SMILES string of the molecule is CCC(CC)NC(=O)C(C)OC1CCC(=O)CC1. The van der Waals surface area contributed by atoms with Crippen molar-refractivity contribution in [1.82, 2.24) is 5.32 Å². The summed E-state index contributed by atoms with van der Waals surface area (Å²) in [4.78, 5) is 23.0. The van der Waals surface area contributed by atoms with E-state index < -0.39 is 6.10 Å². The molecule has 1 aliphatic carbocycles. The normalized spacial score (nSPS) is 19.0. The Morgan fingerprint density at radius 3 is 2.39 bits per heavy atom. The molecule has 0 aromatic carbocycles. The molecule has 4 heteroatoms. The van der Waals surface area contributed by atoms with Gasteiger partial charge < -0.3 is 10.1 Å². The van der Waals surface area contributed by atoms with Crippen molar-refractivity contribution in [3.8, 4) is 0 Å². The smallest absolute Gasteiger partial charge is 0.249 e. The minimum Gasteiger partial charge on any atom is -0.365 e. The molecule has 1 fully saturated rings. The van der Waals surface area contributed by atoms with Gasteiger partial charge in [-0.15, -0.1) is 0 Å². The molecule has 0 radical (unpaired) electrons. The van der Waals surface area contributed by atoms with Crippen molar-refractivity contribution in [3.05, 3.63) is 0 Å². The highest BCUT2D eigenvalue weighted by Crippen LogP contribution is 2.19. The Labute approximate surface area is 109 Å². The number of ketones is 1. The third kappa shape index (κ3) is 4.77. The fraction of sp³-hybridized carbons (Fsp3) is 0.857. The number of amides is 1. The van der Waals surface area contributed by atoms with Gasteiger partial charge in [-0.05, 0) is 32.6 Å². The molecule has 1 rings (SSSR count). The first-order valence-corrected chi connectivity index (χ1v) is 7.04. The van der Waals surface area contributed by atoms with E-state index in [1.54, 1.807) is 6.92 Å². The van der Waals surface area contributed by atoms with Gasteiger partial charge >= 0.3 is 0 Å². The first kappa shape index (κ1) is 15.2. The van der Waals surface area contributed by atoms with Crippen molar-refractivity contribution >= 4 is 11.7 Å². The summed E-state index contributed by atoms with van der Waals surface area (Å²) in [6.45, 7) is 5.91. The van der Waals surface area contributed by atoms with Crippen LogP contribution in [0.4, 0.5) is 0 Å². The van der Waals surface area contributed by atoms with Crippen molar-refractivity contribution in [3.63, 3.8) is 0 Å². The van der Waals surface area contributed by atoms with Crippen LogP contribution in [0.1, 0.15) is 59.3 Å². The van der Waals surface area contributed by atoms with E-state index in [4.69, 9.17) is 4.74 Å². The standard InChI is InChI=1S/C14H25NO3/c1-4-11(5-2)15-14(17)10(3)18-13-8-6-12(16)7-9-13/h10-11,13H,4-9H2,1-3H3,(H,15,17). The molecular weight excluding hydrogens is 230 g/mol. The van der Waals surface area contributed by atoms with E-state index in [9.17, 15) is 9.59 Å². The van der Waals surface area contributed by atoms with Crippen LogP contribution in [0.5, 0.6) is 0 Å². The summed E-state index contributed by atoms with van der Waals surface area (Å²) >= 11 is 0. The zero-order valence-corrected chi connectivity index (χ0v) is 11.7. The average molecular weight is 255 g/mol. The molecule has 1 unspecified atom stereocenters. The minimum atomic E-state index is -0.427. The van der Waals surface area contributed by atoms with Gasteiger partial charge in [-0.3, -0.25) is 9.59 Å². The van der Waals surface area contributed by atoms with Crippen molar-refractivity contribution in [2.24, 2.45) is 0 Å². The molecule has 0 aromatic rings. The van der Waals surface area contributed by atoms with Crippen LogP contribution in [0.2, 0.25) is 0 Å². The maximum absolute atomic E-state index is 11.9. The first-order valence-electron chi connectivity index (χ1n) is 7.04. The monoisotopic (exact) mass is 255 g/mol. The molecule has 1 amide bonds. The Morgan fingerprint density at radius 1 is 1.33 bits per heavy atom. The van der Waals surface area contributed by atoms with E-state index in [2.05, 4.69) is 19.2 Å². The zero-order valence-electron chi connectivity index (χ0n) is 11.7. The highest BCUT2D eigenvalue weighted by Gasteiger charge is 2.24. The lowest BCUT2D eigenvalue weighted by Crippen LogP contribution is -2.42. The van der Waals surface area contributed by atoms with Crippen LogP contribution in [0.3, 0.4) is 0 Å². The largest absolute Gasteiger partial charge is 0.365 e. The Morgan fingerprint density at radius 2 is 1.89 bits per heavy atom. The second kappa shape index (κ2) is 7.52. The zero-order chi connectivity index (χ0) is 13.5. The van der Waals surface area contributed by atoms with Crippen LogP contribution < -0.4 is 5.32 Å². The van der Waals surface area contributed by atoms with Crippen molar-refractivity contribution in [2.45, 2.75) is 77.5 Å². The van der Waals surface area contributed by atoms with E-state index in [1.165, 1.54) is 0 Å². The lowest BCUT2D eigenvalue weighted by molar-refractivity contribution is -0.138. The van der Waals surface area contributed by atoms with Crippen LogP contribution in [0, 0.1) is 0 Å². The fourth-order valence-corrected chi connectivity index (χ4v) is 2.21. The molecule has 0 saturated heterocycles. The molecule has 0 spiro atoms. The summed E-state index contributed by atoms with van der Waals surface area (Å²) in [6, 6.07) is 0.233. The molecule has 104 valence electrons. The third-order valence-corrected chi connectivity index (χ3v) is 3.59. The molecule has 1 N–H and O–H groups in total. The molecule has 0 aliphatic heterocycles. The number of rotatable bonds is 6. The topological polar surface area (TPSA) is 55.4 Å². The average Bonchev–Trinajstić information content (AvgIpc) is 2.38. The Balaban J connectivity index is 2.33. The lowest BCUT2D eigenvalue weighted by atomic mass is 9.96. The maximum Gasteiger partial charge on any atom is 0.249 e. The van der Waals surface area contributed by atoms with E-state index in [-0.39, 0.29) is 18.1 Å². The number of Topliss-reactive ketones (excluding diaryl/α,β-unsaturated/α-hetero) is 1. The van der Waals surface area contributed by atoms with Gasteiger partial charge in [0.2, 0.25) is 5.91 Å². The van der Waals surface area contributed by atoms with Gasteiger partial charge in [0.1, 0.15) is 11.9 Å². The van der Waals surface area contributed by atoms with Gasteiger partial charge in [-0.2, -0.15) is 0 Å². The molecule has 4 nitrogen and oxygen atoms in total. The quantitative estimate of drug-likeness (QED) is 0.791. The summed E-state index contributed by atoms with van der Waals surface area (Å²) in [5.74, 6) is 0.268. The van der Waals surface area contributed by atoms with Gasteiger partial charge in [-0.1, -0.05) is 13.8 Å². The molecular formula is C14H25NO3. The van der Waals surface area contributed by atoms with Crippen molar-refractivity contribution in [1.29, 1.82) is 0 Å². The van der Waals surface area contributed by atoms with E-state index >= 15 is 0 Å². The summed E-state index contributed by atoms with van der Waals surface area (Å²) in [5, 5.41) is 2.98. The first-order chi connectivity index (χ1) is 8.56. The fourth-order valence-electron chi connectivity index (χ4n) is 2.21. The lowest BCUT2D eigenvalue weighted by Gasteiger charge is -2.26. The van der Waals surface area contributed by atoms with Gasteiger partial charge in [0, 0.05) is 18.9 Å². The molecule has 1 saturated carbocycles. The summed E-state index contributed by atoms with van der Waals surface area (Å²) in [7, 11) is 0. The third-order valence-electron chi connectivity index (χ3n) is 3.59. The number of carbonyl (C=O) groups is 2. The van der Waals surface area contributed by atoms with Crippen LogP contribution in [-0.4, -0.2) is 29.9 Å². The van der Waals surface area contributed by atoms with Crippen molar-refractivity contribution < 1.29 is 14.3 Å². The van der Waals surface area contributed by atoms with Crippen LogP contribution in [0.15, 0.2) is 0 Å². The molecule has 0 bridgehead atoms. The number of nitrogens with one attached hydrogen (secondary N) is 1. The molecule has 1 atom stereocenters. The summed E-state index contributed by atoms with van der Waals surface area (Å²) < 4.78 is 5.73. The number of carbonyl (C=O) groups excluding carboxylic acids is 2. The predicted octanol–water partition coefficient (Wildman–Crippen LogP) is 2.21. The van der Waals surface area contributed by atoms with Gasteiger partial charge in [-0.25, -0.2) is 0 Å². The molecule has 0 heterocycles. The molecule has 0 aromatic heterocycles. The Bertz CT molecular complexity index is 277. The Hall–Kier alpha value is -0.900. The Kier molecular flexibility index (Phi) is 6.33. The second-order valence-electron chi connectivity index (χ2n) is 5.04. The van der Waals surface area contributed by atoms with E-state index in [0.29, 0.717) is 18.6 Å². The van der Waals surface area contributed by atoms with Crippen LogP contribution >= 0.6 is 0 Å².